The quantitative estimate of drug-likeness (QED) is 0.306. The van der Waals surface area contributed by atoms with Gasteiger partial charge < -0.3 is 15.5 Å². The predicted molar refractivity (Wildman–Crippen MR) is 58.7 cm³/mol. The van der Waals surface area contributed by atoms with Gasteiger partial charge in [-0.15, -0.1) is 0 Å². The number of amides is 2. The van der Waals surface area contributed by atoms with Crippen LogP contribution in [0.15, 0.2) is 28.9 Å². The van der Waals surface area contributed by atoms with Crippen LogP contribution in [0.1, 0.15) is 5.76 Å². The third kappa shape index (κ3) is 4.09. The highest BCUT2D eigenvalue weighted by molar-refractivity contribution is 5.95. The summed E-state index contributed by atoms with van der Waals surface area (Å²) in [5.41, 5.74) is 6.67. The molecule has 0 aliphatic carbocycles. The summed E-state index contributed by atoms with van der Waals surface area (Å²) in [5.74, 6) is -0.774. The van der Waals surface area contributed by atoms with Gasteiger partial charge in [-0.25, -0.2) is 5.48 Å². The number of carbonyl (C=O) groups is 2. The van der Waals surface area contributed by atoms with Crippen molar-refractivity contribution in [2.45, 2.75) is 6.04 Å². The molecule has 0 spiro atoms. The van der Waals surface area contributed by atoms with E-state index >= 15 is 0 Å². The van der Waals surface area contributed by atoms with Gasteiger partial charge in [0.15, 0.2) is 0 Å². The number of hydrogen-bond donors (Lipinski definition) is 4. The molecule has 0 fully saturated rings. The number of rotatable bonds is 5. The first kappa shape index (κ1) is 12.9. The number of nitrogens with two attached hydrogens (primary N) is 1. The molecule has 1 atom stereocenters. The van der Waals surface area contributed by atoms with Crippen LogP contribution >= 0.6 is 0 Å². The molecule has 7 nitrogen and oxygen atoms in total. The molecule has 92 valence electrons. The normalized spacial score (nSPS) is 12.4. The molecular formula is C10H13N3O4. The number of hydrogen-bond acceptors (Lipinski definition) is 5. The van der Waals surface area contributed by atoms with Crippen molar-refractivity contribution in [3.63, 3.8) is 0 Å². The van der Waals surface area contributed by atoms with E-state index < -0.39 is 17.9 Å². The van der Waals surface area contributed by atoms with Crippen molar-refractivity contribution < 1.29 is 19.2 Å². The average Bonchev–Trinajstić information content (AvgIpc) is 2.85. The van der Waals surface area contributed by atoms with Crippen LogP contribution in [-0.4, -0.2) is 29.6 Å². The van der Waals surface area contributed by atoms with E-state index in [0.717, 1.165) is 0 Å². The van der Waals surface area contributed by atoms with Crippen molar-refractivity contribution in [3.05, 3.63) is 30.2 Å². The van der Waals surface area contributed by atoms with Crippen molar-refractivity contribution in [2.24, 2.45) is 5.73 Å². The Bertz CT molecular complexity index is 400. The highest BCUT2D eigenvalue weighted by atomic mass is 16.5. The summed E-state index contributed by atoms with van der Waals surface area (Å²) < 4.78 is 4.97. The first-order valence-corrected chi connectivity index (χ1v) is 4.83. The summed E-state index contributed by atoms with van der Waals surface area (Å²) >= 11 is 0. The Morgan fingerprint density at radius 1 is 1.59 bits per heavy atom. The molecule has 0 saturated carbocycles. The fraction of sp³-hybridized carbons (Fsp3) is 0.200. The second kappa shape index (κ2) is 6.46. The molecule has 0 aliphatic heterocycles. The summed E-state index contributed by atoms with van der Waals surface area (Å²) in [4.78, 5) is 22.4. The number of carbonyl (C=O) groups excluding carboxylic acids is 2. The van der Waals surface area contributed by atoms with E-state index in [9.17, 15) is 9.59 Å². The Labute approximate surface area is 97.2 Å². The van der Waals surface area contributed by atoms with Crippen molar-refractivity contribution >= 4 is 17.9 Å². The molecular weight excluding hydrogens is 226 g/mol. The van der Waals surface area contributed by atoms with Crippen molar-refractivity contribution in [2.75, 3.05) is 6.54 Å². The summed E-state index contributed by atoms with van der Waals surface area (Å²) in [6.45, 7) is -0.118. The number of nitrogens with one attached hydrogen (secondary N) is 2. The van der Waals surface area contributed by atoms with Gasteiger partial charge in [-0.3, -0.25) is 14.8 Å². The molecule has 0 saturated heterocycles. The van der Waals surface area contributed by atoms with Crippen LogP contribution in [0.2, 0.25) is 0 Å². The molecule has 0 aliphatic rings. The minimum Gasteiger partial charge on any atom is -0.465 e. The van der Waals surface area contributed by atoms with E-state index in [0.29, 0.717) is 5.76 Å². The Kier molecular flexibility index (Phi) is 4.92. The van der Waals surface area contributed by atoms with Gasteiger partial charge in [0.05, 0.1) is 6.26 Å². The zero-order chi connectivity index (χ0) is 12.7. The van der Waals surface area contributed by atoms with Crippen LogP contribution in [0.5, 0.6) is 0 Å². The third-order valence-electron chi connectivity index (χ3n) is 1.92. The van der Waals surface area contributed by atoms with Gasteiger partial charge in [0.2, 0.25) is 5.91 Å². The lowest BCUT2D eigenvalue weighted by Crippen LogP contribution is -2.49. The summed E-state index contributed by atoms with van der Waals surface area (Å²) in [5, 5.41) is 10.7. The van der Waals surface area contributed by atoms with Crippen LogP contribution < -0.4 is 16.5 Å². The lowest BCUT2D eigenvalue weighted by Gasteiger charge is -2.12. The maximum Gasteiger partial charge on any atom is 0.267 e. The standard InChI is InChI=1S/C10H13N3O4/c11-6-8(10(15)13-16)12-9(14)4-3-7-2-1-5-17-7/h1-5,8,16H,6,11H2,(H,12,14)(H,13,15)/b4-3+. The van der Waals surface area contributed by atoms with E-state index in [1.54, 1.807) is 12.1 Å². The van der Waals surface area contributed by atoms with Crippen LogP contribution in [-0.2, 0) is 9.59 Å². The van der Waals surface area contributed by atoms with Crippen molar-refractivity contribution in [1.29, 1.82) is 0 Å². The molecule has 0 bridgehead atoms. The van der Waals surface area contributed by atoms with E-state index in [1.807, 2.05) is 0 Å². The molecule has 1 unspecified atom stereocenters. The minimum atomic E-state index is -0.978. The van der Waals surface area contributed by atoms with Crippen LogP contribution in [0.4, 0.5) is 0 Å². The van der Waals surface area contributed by atoms with E-state index in [4.69, 9.17) is 15.4 Å². The van der Waals surface area contributed by atoms with Gasteiger partial charge in [-0.2, -0.15) is 0 Å². The van der Waals surface area contributed by atoms with Crippen LogP contribution in [0, 0.1) is 0 Å². The van der Waals surface area contributed by atoms with Crippen LogP contribution in [0.3, 0.4) is 0 Å². The molecule has 1 aromatic rings. The van der Waals surface area contributed by atoms with E-state index in [1.165, 1.54) is 23.9 Å². The lowest BCUT2D eigenvalue weighted by atomic mass is 10.2. The Hall–Kier alpha value is -2.12. The van der Waals surface area contributed by atoms with Gasteiger partial charge in [0, 0.05) is 12.6 Å². The zero-order valence-corrected chi connectivity index (χ0v) is 8.92. The van der Waals surface area contributed by atoms with Gasteiger partial charge in [0.1, 0.15) is 11.8 Å². The summed E-state index contributed by atoms with van der Waals surface area (Å²) in [7, 11) is 0. The van der Waals surface area contributed by atoms with Gasteiger partial charge >= 0.3 is 0 Å². The van der Waals surface area contributed by atoms with Gasteiger partial charge in [0.25, 0.3) is 5.91 Å². The largest absolute Gasteiger partial charge is 0.465 e. The molecule has 2 amide bonds. The fourth-order valence-electron chi connectivity index (χ4n) is 1.07. The third-order valence-corrected chi connectivity index (χ3v) is 1.92. The maximum absolute atomic E-state index is 11.4. The van der Waals surface area contributed by atoms with Crippen molar-refractivity contribution in [3.8, 4) is 0 Å². The smallest absolute Gasteiger partial charge is 0.267 e. The highest BCUT2D eigenvalue weighted by Crippen LogP contribution is 2.01. The molecule has 5 N–H and O–H groups in total. The Morgan fingerprint density at radius 3 is 2.88 bits per heavy atom. The first-order chi connectivity index (χ1) is 8.17. The van der Waals surface area contributed by atoms with Crippen molar-refractivity contribution in [1.82, 2.24) is 10.8 Å². The molecule has 7 heteroatoms. The van der Waals surface area contributed by atoms with Gasteiger partial charge in [-0.05, 0) is 18.2 Å². The molecule has 17 heavy (non-hydrogen) atoms. The fourth-order valence-corrected chi connectivity index (χ4v) is 1.07. The molecule has 1 heterocycles. The monoisotopic (exact) mass is 239 g/mol. The molecule has 0 aromatic carbocycles. The molecule has 0 radical (unpaired) electrons. The SMILES string of the molecule is NCC(NC(=O)/C=C/c1ccco1)C(=O)NO. The molecule has 1 rings (SSSR count). The minimum absolute atomic E-state index is 0.118. The lowest BCUT2D eigenvalue weighted by molar-refractivity contribution is -0.133. The van der Waals surface area contributed by atoms with E-state index in [2.05, 4.69) is 5.32 Å². The number of hydroxylamine groups is 1. The topological polar surface area (TPSA) is 118 Å². The number of furan rings is 1. The Balaban J connectivity index is 2.51. The zero-order valence-electron chi connectivity index (χ0n) is 8.92. The van der Waals surface area contributed by atoms with Crippen LogP contribution in [0.25, 0.3) is 6.08 Å². The van der Waals surface area contributed by atoms with Gasteiger partial charge in [-0.1, -0.05) is 0 Å². The summed E-state index contributed by atoms with van der Waals surface area (Å²) in [6, 6.07) is 2.37. The predicted octanol–water partition coefficient (Wildman–Crippen LogP) is -0.758. The highest BCUT2D eigenvalue weighted by Gasteiger charge is 2.16. The molecule has 1 aromatic heterocycles. The first-order valence-electron chi connectivity index (χ1n) is 4.83. The second-order valence-electron chi connectivity index (χ2n) is 3.12. The summed E-state index contributed by atoms with van der Waals surface area (Å²) in [6.07, 6.45) is 4.12. The maximum atomic E-state index is 11.4. The average molecular weight is 239 g/mol. The second-order valence-corrected chi connectivity index (χ2v) is 3.12. The van der Waals surface area contributed by atoms with E-state index in [-0.39, 0.29) is 6.54 Å². The Morgan fingerprint density at radius 2 is 2.35 bits per heavy atom.